The van der Waals surface area contributed by atoms with Crippen molar-refractivity contribution in [2.24, 2.45) is 0 Å². The molecule has 0 aliphatic rings. The third kappa shape index (κ3) is 3.70. The molecule has 0 saturated carbocycles. The first-order valence-corrected chi connectivity index (χ1v) is 5.12. The molecule has 1 aromatic rings. The van der Waals surface area contributed by atoms with E-state index in [4.69, 9.17) is 10.00 Å². The van der Waals surface area contributed by atoms with E-state index in [1.165, 1.54) is 12.1 Å². The zero-order valence-electron chi connectivity index (χ0n) is 9.11. The summed E-state index contributed by atoms with van der Waals surface area (Å²) in [5.41, 5.74) is -0.0144. The number of rotatable bonds is 5. The average Bonchev–Trinajstić information content (AvgIpc) is 2.30. The summed E-state index contributed by atoms with van der Waals surface area (Å²) < 4.78 is 18.0. The van der Waals surface area contributed by atoms with E-state index >= 15 is 0 Å². The SMILES string of the molecule is CC/C=C/CCOc1ccc(F)nc1C#N. The molecule has 0 aliphatic heterocycles. The molecule has 1 rings (SSSR count). The zero-order valence-corrected chi connectivity index (χ0v) is 9.11. The lowest BCUT2D eigenvalue weighted by molar-refractivity contribution is 0.321. The fourth-order valence-electron chi connectivity index (χ4n) is 1.14. The number of halogens is 1. The van der Waals surface area contributed by atoms with Crippen LogP contribution in [-0.2, 0) is 0 Å². The predicted octanol–water partition coefficient (Wildman–Crippen LogP) is 2.83. The summed E-state index contributed by atoms with van der Waals surface area (Å²) in [5, 5.41) is 8.71. The minimum Gasteiger partial charge on any atom is -0.490 e. The van der Waals surface area contributed by atoms with E-state index in [1.807, 2.05) is 12.2 Å². The molecule has 0 spiro atoms. The van der Waals surface area contributed by atoms with Gasteiger partial charge in [0.2, 0.25) is 5.95 Å². The van der Waals surface area contributed by atoms with Crippen LogP contribution in [0.1, 0.15) is 25.5 Å². The van der Waals surface area contributed by atoms with Gasteiger partial charge in [0.05, 0.1) is 6.61 Å². The van der Waals surface area contributed by atoms with Crippen molar-refractivity contribution in [2.45, 2.75) is 19.8 Å². The monoisotopic (exact) mass is 220 g/mol. The number of nitriles is 1. The molecule has 84 valence electrons. The Labute approximate surface area is 94.2 Å². The molecule has 0 aliphatic carbocycles. The number of hydrogen-bond acceptors (Lipinski definition) is 3. The lowest BCUT2D eigenvalue weighted by atomic mass is 10.3. The summed E-state index contributed by atoms with van der Waals surface area (Å²) in [4.78, 5) is 3.44. The van der Waals surface area contributed by atoms with Crippen LogP contribution in [0.25, 0.3) is 0 Å². The quantitative estimate of drug-likeness (QED) is 0.435. The molecule has 1 heterocycles. The van der Waals surface area contributed by atoms with E-state index in [2.05, 4.69) is 11.9 Å². The second-order valence-corrected chi connectivity index (χ2v) is 3.11. The van der Waals surface area contributed by atoms with Crippen LogP contribution in [0.15, 0.2) is 24.3 Å². The van der Waals surface area contributed by atoms with Gasteiger partial charge in [-0.05, 0) is 25.0 Å². The van der Waals surface area contributed by atoms with Crippen LogP contribution in [0.2, 0.25) is 0 Å². The number of nitrogens with zero attached hydrogens (tertiary/aromatic N) is 2. The molecular formula is C12H13FN2O. The van der Waals surface area contributed by atoms with E-state index < -0.39 is 5.95 Å². The van der Waals surface area contributed by atoms with Crippen molar-refractivity contribution in [1.82, 2.24) is 4.98 Å². The van der Waals surface area contributed by atoms with Crippen LogP contribution in [0.3, 0.4) is 0 Å². The molecule has 1 aromatic heterocycles. The maximum atomic E-state index is 12.7. The van der Waals surface area contributed by atoms with E-state index in [9.17, 15) is 4.39 Å². The maximum absolute atomic E-state index is 12.7. The second kappa shape index (κ2) is 6.57. The summed E-state index contributed by atoms with van der Waals surface area (Å²) in [6.07, 6.45) is 5.79. The second-order valence-electron chi connectivity index (χ2n) is 3.11. The average molecular weight is 220 g/mol. The Kier molecular flexibility index (Phi) is 5.00. The Morgan fingerprint density at radius 2 is 2.31 bits per heavy atom. The maximum Gasteiger partial charge on any atom is 0.214 e. The van der Waals surface area contributed by atoms with Gasteiger partial charge in [0, 0.05) is 0 Å². The summed E-state index contributed by atoms with van der Waals surface area (Å²) in [6, 6.07) is 4.39. The van der Waals surface area contributed by atoms with Crippen molar-refractivity contribution in [2.75, 3.05) is 6.61 Å². The highest BCUT2D eigenvalue weighted by Crippen LogP contribution is 2.15. The fourth-order valence-corrected chi connectivity index (χ4v) is 1.14. The van der Waals surface area contributed by atoms with Crippen LogP contribution < -0.4 is 4.74 Å². The van der Waals surface area contributed by atoms with Gasteiger partial charge in [-0.1, -0.05) is 19.1 Å². The first kappa shape index (κ1) is 12.2. The molecule has 0 unspecified atom stereocenters. The van der Waals surface area contributed by atoms with Gasteiger partial charge in [-0.3, -0.25) is 0 Å². The van der Waals surface area contributed by atoms with Gasteiger partial charge < -0.3 is 4.74 Å². The Hall–Kier alpha value is -1.89. The highest BCUT2D eigenvalue weighted by atomic mass is 19.1. The molecule has 0 radical (unpaired) electrons. The van der Waals surface area contributed by atoms with E-state index in [0.717, 1.165) is 12.8 Å². The Balaban J connectivity index is 2.54. The standard InChI is InChI=1S/C12H13FN2O/c1-2-3-4-5-8-16-11-6-7-12(13)15-10(11)9-14/h3-4,6-7H,2,5,8H2,1H3/b4-3+. The Morgan fingerprint density at radius 1 is 1.50 bits per heavy atom. The molecule has 0 bridgehead atoms. The Morgan fingerprint density at radius 3 is 3.00 bits per heavy atom. The summed E-state index contributed by atoms with van der Waals surface area (Å²) in [5.74, 6) is -0.344. The van der Waals surface area contributed by atoms with Crippen molar-refractivity contribution in [3.63, 3.8) is 0 Å². The molecule has 0 saturated heterocycles. The number of aromatic nitrogens is 1. The number of pyridine rings is 1. The third-order valence-electron chi connectivity index (χ3n) is 1.87. The van der Waals surface area contributed by atoms with Crippen LogP contribution in [0, 0.1) is 17.3 Å². The van der Waals surface area contributed by atoms with Crippen LogP contribution >= 0.6 is 0 Å². The molecular weight excluding hydrogens is 207 g/mol. The van der Waals surface area contributed by atoms with Gasteiger partial charge in [-0.15, -0.1) is 0 Å². The normalized spacial score (nSPS) is 10.3. The first-order valence-electron chi connectivity index (χ1n) is 5.12. The van der Waals surface area contributed by atoms with Crippen molar-refractivity contribution in [3.05, 3.63) is 35.9 Å². The topological polar surface area (TPSA) is 45.9 Å². The molecule has 3 nitrogen and oxygen atoms in total. The van der Waals surface area contributed by atoms with Crippen molar-refractivity contribution in [3.8, 4) is 11.8 Å². The molecule has 0 N–H and O–H groups in total. The number of hydrogen-bond donors (Lipinski definition) is 0. The molecule has 0 atom stereocenters. The zero-order chi connectivity index (χ0) is 11.8. The predicted molar refractivity (Wildman–Crippen MR) is 58.5 cm³/mol. The lowest BCUT2D eigenvalue weighted by Gasteiger charge is -2.05. The number of ether oxygens (including phenoxy) is 1. The smallest absolute Gasteiger partial charge is 0.214 e. The van der Waals surface area contributed by atoms with Crippen molar-refractivity contribution >= 4 is 0 Å². The van der Waals surface area contributed by atoms with Gasteiger partial charge in [-0.2, -0.15) is 9.65 Å². The largest absolute Gasteiger partial charge is 0.490 e. The molecule has 0 fully saturated rings. The van der Waals surface area contributed by atoms with Gasteiger partial charge >= 0.3 is 0 Å². The Bertz CT molecular complexity index is 410. The lowest BCUT2D eigenvalue weighted by Crippen LogP contribution is -2.00. The first-order chi connectivity index (χ1) is 7.77. The van der Waals surface area contributed by atoms with Crippen molar-refractivity contribution in [1.29, 1.82) is 5.26 Å². The van der Waals surface area contributed by atoms with Gasteiger partial charge in [0.1, 0.15) is 6.07 Å². The molecule has 4 heteroatoms. The van der Waals surface area contributed by atoms with Crippen molar-refractivity contribution < 1.29 is 9.13 Å². The van der Waals surface area contributed by atoms with E-state index in [1.54, 1.807) is 6.07 Å². The van der Waals surface area contributed by atoms with Gasteiger partial charge in [0.25, 0.3) is 0 Å². The van der Waals surface area contributed by atoms with Crippen LogP contribution in [0.4, 0.5) is 4.39 Å². The van der Waals surface area contributed by atoms with Gasteiger partial charge in [0.15, 0.2) is 11.4 Å². The number of allylic oxidation sites excluding steroid dienone is 1. The minimum absolute atomic E-state index is 0.0144. The summed E-state index contributed by atoms with van der Waals surface area (Å²) in [6.45, 7) is 2.51. The van der Waals surface area contributed by atoms with Gasteiger partial charge in [-0.25, -0.2) is 4.98 Å². The molecule has 16 heavy (non-hydrogen) atoms. The molecule has 0 aromatic carbocycles. The summed E-state index contributed by atoms with van der Waals surface area (Å²) in [7, 11) is 0. The minimum atomic E-state index is -0.672. The highest BCUT2D eigenvalue weighted by Gasteiger charge is 2.05. The highest BCUT2D eigenvalue weighted by molar-refractivity contribution is 5.36. The third-order valence-corrected chi connectivity index (χ3v) is 1.87. The van der Waals surface area contributed by atoms with Crippen LogP contribution in [-0.4, -0.2) is 11.6 Å². The van der Waals surface area contributed by atoms with E-state index in [-0.39, 0.29) is 5.69 Å². The fraction of sp³-hybridized carbons (Fsp3) is 0.333. The van der Waals surface area contributed by atoms with Crippen LogP contribution in [0.5, 0.6) is 5.75 Å². The summed E-state index contributed by atoms with van der Waals surface area (Å²) >= 11 is 0. The van der Waals surface area contributed by atoms with E-state index in [0.29, 0.717) is 12.4 Å². The molecule has 0 amide bonds.